The van der Waals surface area contributed by atoms with E-state index in [1.807, 2.05) is 52.0 Å². The lowest BCUT2D eigenvalue weighted by molar-refractivity contribution is 1.18. The van der Waals surface area contributed by atoms with Gasteiger partial charge in [-0.2, -0.15) is 0 Å². The maximum atomic E-state index is 5.77. The molecule has 4 aromatic rings. The molecular weight excluding hydrogens is 324 g/mol. The monoisotopic (exact) mass is 346 g/mol. The highest BCUT2D eigenvalue weighted by Crippen LogP contribution is 2.18. The predicted molar refractivity (Wildman–Crippen MR) is 107 cm³/mol. The van der Waals surface area contributed by atoms with Gasteiger partial charge in [0.25, 0.3) is 0 Å². The molecule has 0 atom stereocenters. The number of aryl methyl sites for hydroxylation is 4. The van der Waals surface area contributed by atoms with Gasteiger partial charge in [0, 0.05) is 23.8 Å². The van der Waals surface area contributed by atoms with E-state index in [2.05, 4.69) is 19.9 Å². The summed E-state index contributed by atoms with van der Waals surface area (Å²) < 4.78 is 0. The Kier molecular flexibility index (Phi) is 4.67. The van der Waals surface area contributed by atoms with Gasteiger partial charge in [0.15, 0.2) is 0 Å². The van der Waals surface area contributed by atoms with E-state index >= 15 is 0 Å². The summed E-state index contributed by atoms with van der Waals surface area (Å²) >= 11 is 0. The molecule has 0 radical (unpaired) electrons. The standard InChI is InChI=1S/2C10H11N3/c1-6-3-10-9(4-8(6)11)12-5-7(2)13-10;1-6-3-9-10(4-8(6)11)13-7(2)5-12-9/h2*3-5H,11H2,1-2H3. The van der Waals surface area contributed by atoms with Crippen molar-refractivity contribution in [2.45, 2.75) is 27.7 Å². The van der Waals surface area contributed by atoms with Gasteiger partial charge in [0.05, 0.1) is 33.5 Å². The number of rotatable bonds is 0. The Balaban J connectivity index is 0.000000151. The van der Waals surface area contributed by atoms with Crippen molar-refractivity contribution in [2.75, 3.05) is 11.5 Å². The molecule has 0 aliphatic rings. The summed E-state index contributed by atoms with van der Waals surface area (Å²) in [6.07, 6.45) is 3.51. The molecule has 0 unspecified atom stereocenters. The summed E-state index contributed by atoms with van der Waals surface area (Å²) in [4.78, 5) is 17.2. The van der Waals surface area contributed by atoms with Crippen LogP contribution in [-0.2, 0) is 0 Å². The minimum Gasteiger partial charge on any atom is -0.398 e. The van der Waals surface area contributed by atoms with Gasteiger partial charge in [-0.15, -0.1) is 0 Å². The number of nitrogens with zero attached hydrogens (tertiary/aromatic N) is 4. The summed E-state index contributed by atoms with van der Waals surface area (Å²) in [6, 6.07) is 7.64. The van der Waals surface area contributed by atoms with Crippen LogP contribution in [0.2, 0.25) is 0 Å². The van der Waals surface area contributed by atoms with Crippen LogP contribution < -0.4 is 11.5 Å². The van der Waals surface area contributed by atoms with Crippen LogP contribution in [0.1, 0.15) is 22.5 Å². The SMILES string of the molecule is Cc1cnc2cc(C)c(N)cc2n1.Cc1cnc2cc(N)c(C)cc2n1. The van der Waals surface area contributed by atoms with Gasteiger partial charge in [-0.1, -0.05) is 0 Å². The highest BCUT2D eigenvalue weighted by atomic mass is 14.8. The number of hydrogen-bond acceptors (Lipinski definition) is 6. The zero-order chi connectivity index (χ0) is 18.8. The number of fused-ring (bicyclic) bond motifs is 2. The Morgan fingerprint density at radius 2 is 0.962 bits per heavy atom. The largest absolute Gasteiger partial charge is 0.398 e. The van der Waals surface area contributed by atoms with Gasteiger partial charge >= 0.3 is 0 Å². The summed E-state index contributed by atoms with van der Waals surface area (Å²) in [5.41, 5.74) is 20.5. The summed E-state index contributed by atoms with van der Waals surface area (Å²) in [6.45, 7) is 7.79. The molecule has 6 heteroatoms. The zero-order valence-corrected chi connectivity index (χ0v) is 15.4. The van der Waals surface area contributed by atoms with Crippen LogP contribution in [0.15, 0.2) is 36.7 Å². The van der Waals surface area contributed by atoms with E-state index in [-0.39, 0.29) is 0 Å². The highest BCUT2D eigenvalue weighted by molar-refractivity contribution is 5.80. The van der Waals surface area contributed by atoms with Crippen LogP contribution in [0.25, 0.3) is 22.1 Å². The van der Waals surface area contributed by atoms with Crippen molar-refractivity contribution in [1.82, 2.24) is 19.9 Å². The second kappa shape index (κ2) is 6.92. The van der Waals surface area contributed by atoms with Gasteiger partial charge in [-0.3, -0.25) is 9.97 Å². The van der Waals surface area contributed by atoms with Crippen LogP contribution in [0.3, 0.4) is 0 Å². The quantitative estimate of drug-likeness (QED) is 0.471. The molecule has 2 heterocycles. The summed E-state index contributed by atoms with van der Waals surface area (Å²) in [5, 5.41) is 0. The first-order valence-electron chi connectivity index (χ1n) is 8.32. The van der Waals surface area contributed by atoms with Crippen LogP contribution in [0.5, 0.6) is 0 Å². The minimum atomic E-state index is 0.769. The third kappa shape index (κ3) is 3.69. The Morgan fingerprint density at radius 3 is 1.50 bits per heavy atom. The van der Waals surface area contributed by atoms with Gasteiger partial charge in [0.2, 0.25) is 0 Å². The maximum absolute atomic E-state index is 5.77. The van der Waals surface area contributed by atoms with E-state index in [1.54, 1.807) is 12.4 Å². The highest BCUT2D eigenvalue weighted by Gasteiger charge is 2.01. The fourth-order valence-corrected chi connectivity index (χ4v) is 2.54. The van der Waals surface area contributed by atoms with E-state index in [0.29, 0.717) is 0 Å². The van der Waals surface area contributed by atoms with E-state index in [1.165, 1.54) is 0 Å². The van der Waals surface area contributed by atoms with Gasteiger partial charge in [-0.25, -0.2) is 9.97 Å². The minimum absolute atomic E-state index is 0.769. The Hall–Kier alpha value is -3.28. The molecular formula is C20H22N6. The number of anilines is 2. The van der Waals surface area contributed by atoms with Gasteiger partial charge in [0.1, 0.15) is 0 Å². The summed E-state index contributed by atoms with van der Waals surface area (Å²) in [5.74, 6) is 0. The molecule has 26 heavy (non-hydrogen) atoms. The fourth-order valence-electron chi connectivity index (χ4n) is 2.54. The molecule has 0 aliphatic carbocycles. The molecule has 2 aromatic heterocycles. The number of nitrogen functional groups attached to an aromatic ring is 2. The van der Waals surface area contributed by atoms with Crippen molar-refractivity contribution in [1.29, 1.82) is 0 Å². The molecule has 6 nitrogen and oxygen atoms in total. The van der Waals surface area contributed by atoms with Gasteiger partial charge < -0.3 is 11.5 Å². The molecule has 132 valence electrons. The predicted octanol–water partition coefficient (Wildman–Crippen LogP) is 3.66. The molecule has 0 saturated heterocycles. The van der Waals surface area contributed by atoms with Crippen LogP contribution in [-0.4, -0.2) is 19.9 Å². The third-order valence-corrected chi connectivity index (χ3v) is 4.10. The molecule has 0 aliphatic heterocycles. The average molecular weight is 346 g/mol. The summed E-state index contributed by atoms with van der Waals surface area (Å²) in [7, 11) is 0. The third-order valence-electron chi connectivity index (χ3n) is 4.10. The number of hydrogen-bond donors (Lipinski definition) is 2. The number of nitrogens with two attached hydrogens (primary N) is 2. The maximum Gasteiger partial charge on any atom is 0.0910 e. The second-order valence-corrected chi connectivity index (χ2v) is 6.42. The van der Waals surface area contributed by atoms with Crippen LogP contribution in [0.4, 0.5) is 11.4 Å². The van der Waals surface area contributed by atoms with Crippen LogP contribution in [0, 0.1) is 27.7 Å². The fraction of sp³-hybridized carbons (Fsp3) is 0.200. The molecule has 0 fully saturated rings. The first kappa shape index (κ1) is 17.5. The lowest BCUT2D eigenvalue weighted by Crippen LogP contribution is -1.93. The molecule has 0 bridgehead atoms. The Morgan fingerprint density at radius 1 is 0.577 bits per heavy atom. The van der Waals surface area contributed by atoms with Crippen LogP contribution >= 0.6 is 0 Å². The lowest BCUT2D eigenvalue weighted by Gasteiger charge is -2.02. The van der Waals surface area contributed by atoms with Gasteiger partial charge in [-0.05, 0) is 63.1 Å². The molecule has 0 saturated carbocycles. The molecule has 4 N–H and O–H groups in total. The second-order valence-electron chi connectivity index (χ2n) is 6.42. The van der Waals surface area contributed by atoms with Crippen molar-refractivity contribution >= 4 is 33.4 Å². The Labute approximate surface area is 152 Å². The van der Waals surface area contributed by atoms with E-state index in [0.717, 1.165) is 56.0 Å². The molecule has 4 rings (SSSR count). The van der Waals surface area contributed by atoms with Crippen molar-refractivity contribution in [3.05, 3.63) is 59.2 Å². The van der Waals surface area contributed by atoms with E-state index in [9.17, 15) is 0 Å². The lowest BCUT2D eigenvalue weighted by atomic mass is 10.2. The normalized spacial score (nSPS) is 10.6. The zero-order valence-electron chi connectivity index (χ0n) is 15.4. The smallest absolute Gasteiger partial charge is 0.0910 e. The molecule has 2 aromatic carbocycles. The van der Waals surface area contributed by atoms with Crippen molar-refractivity contribution in [3.63, 3.8) is 0 Å². The van der Waals surface area contributed by atoms with Crippen molar-refractivity contribution in [2.24, 2.45) is 0 Å². The first-order chi connectivity index (χ1) is 12.3. The first-order valence-corrected chi connectivity index (χ1v) is 8.32. The Bertz CT molecular complexity index is 1020. The number of benzene rings is 2. The molecule has 0 spiro atoms. The van der Waals surface area contributed by atoms with E-state index in [4.69, 9.17) is 11.5 Å². The van der Waals surface area contributed by atoms with Crippen molar-refractivity contribution < 1.29 is 0 Å². The molecule has 0 amide bonds. The topological polar surface area (TPSA) is 104 Å². The van der Waals surface area contributed by atoms with E-state index < -0.39 is 0 Å². The number of aromatic nitrogens is 4. The van der Waals surface area contributed by atoms with Crippen molar-refractivity contribution in [3.8, 4) is 0 Å². The average Bonchev–Trinajstić information content (AvgIpc) is 2.58.